The predicted molar refractivity (Wildman–Crippen MR) is 46.5 cm³/mol. The normalized spacial score (nSPS) is 80.0. The van der Waals surface area contributed by atoms with Crippen LogP contribution in [0.15, 0.2) is 0 Å². The van der Waals surface area contributed by atoms with Gasteiger partial charge in [0.15, 0.2) is 0 Å². The van der Waals surface area contributed by atoms with E-state index in [0.717, 1.165) is 5.41 Å². The van der Waals surface area contributed by atoms with Gasteiger partial charge in [0.1, 0.15) is 0 Å². The van der Waals surface area contributed by atoms with Gasteiger partial charge in [-0.25, -0.2) is 0 Å². The molecule has 12 heavy (non-hydrogen) atoms. The average Bonchev–Trinajstić information content (AvgIpc) is 2.57. The zero-order valence-electron chi connectivity index (χ0n) is 7.50. The molecule has 1 spiro atoms. The summed E-state index contributed by atoms with van der Waals surface area (Å²) < 4.78 is 0. The monoisotopic (exact) mass is 160 g/mol. The molecule has 6 saturated carbocycles. The van der Waals surface area contributed by atoms with Gasteiger partial charge in [0.25, 0.3) is 0 Å². The number of hydrogen-bond acceptors (Lipinski definition) is 0. The van der Waals surface area contributed by atoms with Crippen molar-refractivity contribution in [3.8, 4) is 0 Å². The Labute approximate surface area is 73.7 Å². The molecule has 64 valence electrons. The second-order valence-electron chi connectivity index (χ2n) is 6.38. The zero-order chi connectivity index (χ0) is 7.50. The first-order valence-electron chi connectivity index (χ1n) is 5.89. The molecule has 6 rings (SSSR count). The summed E-state index contributed by atoms with van der Waals surface area (Å²) in [7, 11) is 0. The molecule has 0 aromatic rings. The fraction of sp³-hybridized carbons (Fsp3) is 1.00. The minimum atomic E-state index is 1.00. The summed E-state index contributed by atoms with van der Waals surface area (Å²) in [5.41, 5.74) is 1.00. The minimum absolute atomic E-state index is 1.00. The predicted octanol–water partition coefficient (Wildman–Crippen LogP) is 2.69. The molecule has 7 atom stereocenters. The molecule has 0 amide bonds. The highest BCUT2D eigenvalue weighted by atomic mass is 14.8. The maximum atomic E-state index is 1.68. The van der Waals surface area contributed by atoms with E-state index in [4.69, 9.17) is 0 Å². The maximum absolute atomic E-state index is 1.68. The molecule has 7 unspecified atom stereocenters. The van der Waals surface area contributed by atoms with Crippen LogP contribution in [0.5, 0.6) is 0 Å². The van der Waals surface area contributed by atoms with Gasteiger partial charge < -0.3 is 0 Å². The van der Waals surface area contributed by atoms with Gasteiger partial charge in [-0.3, -0.25) is 0 Å². The Balaban J connectivity index is 1.79. The molecule has 6 aliphatic rings. The summed E-state index contributed by atoms with van der Waals surface area (Å²) in [6.45, 7) is 0. The molecule has 4 bridgehead atoms. The van der Waals surface area contributed by atoms with Crippen LogP contribution in [0, 0.1) is 40.9 Å². The molecule has 6 fully saturated rings. The lowest BCUT2D eigenvalue weighted by atomic mass is 9.36. The van der Waals surface area contributed by atoms with Crippen LogP contribution in [-0.2, 0) is 0 Å². The van der Waals surface area contributed by atoms with Gasteiger partial charge in [0.2, 0.25) is 0 Å². The molecule has 0 heteroatoms. The van der Waals surface area contributed by atoms with E-state index in [1.807, 2.05) is 0 Å². The van der Waals surface area contributed by atoms with E-state index >= 15 is 0 Å². The van der Waals surface area contributed by atoms with Gasteiger partial charge >= 0.3 is 0 Å². The lowest BCUT2D eigenvalue weighted by Gasteiger charge is -2.68. The highest BCUT2D eigenvalue weighted by Crippen LogP contribution is 2.87. The van der Waals surface area contributed by atoms with Gasteiger partial charge in [0, 0.05) is 0 Å². The lowest BCUT2D eigenvalue weighted by molar-refractivity contribution is -0.203. The van der Waals surface area contributed by atoms with Gasteiger partial charge in [0.05, 0.1) is 0 Å². The quantitative estimate of drug-likeness (QED) is 0.511. The van der Waals surface area contributed by atoms with E-state index in [2.05, 4.69) is 0 Å². The van der Waals surface area contributed by atoms with E-state index < -0.39 is 0 Å². The van der Waals surface area contributed by atoms with Crippen LogP contribution in [-0.4, -0.2) is 0 Å². The molecule has 0 aromatic carbocycles. The first kappa shape index (κ1) is 5.67. The van der Waals surface area contributed by atoms with Gasteiger partial charge in [-0.15, -0.1) is 0 Å². The fourth-order valence-corrected chi connectivity index (χ4v) is 6.68. The second-order valence-corrected chi connectivity index (χ2v) is 6.38. The van der Waals surface area contributed by atoms with Crippen molar-refractivity contribution in [2.24, 2.45) is 40.9 Å². The van der Waals surface area contributed by atoms with Gasteiger partial charge in [-0.05, 0) is 73.0 Å². The molecular weight excluding hydrogens is 144 g/mol. The Hall–Kier alpha value is 0. The van der Waals surface area contributed by atoms with Crippen molar-refractivity contribution >= 4 is 0 Å². The molecule has 0 aromatic heterocycles. The number of fused-ring (bicyclic) bond motifs is 1. The van der Waals surface area contributed by atoms with Crippen LogP contribution < -0.4 is 0 Å². The summed E-state index contributed by atoms with van der Waals surface area (Å²) in [6, 6.07) is 0. The third kappa shape index (κ3) is 0.311. The second kappa shape index (κ2) is 1.31. The summed E-state index contributed by atoms with van der Waals surface area (Å²) in [5, 5.41) is 0. The molecule has 0 N–H and O–H groups in total. The largest absolute Gasteiger partial charge is 0.0470 e. The van der Waals surface area contributed by atoms with Crippen molar-refractivity contribution in [3.05, 3.63) is 0 Å². The van der Waals surface area contributed by atoms with Crippen molar-refractivity contribution in [1.82, 2.24) is 0 Å². The Kier molecular flexibility index (Phi) is 0.618. The average molecular weight is 160 g/mol. The van der Waals surface area contributed by atoms with Crippen LogP contribution >= 0.6 is 0 Å². The van der Waals surface area contributed by atoms with E-state index in [1.54, 1.807) is 32.1 Å². The topological polar surface area (TPSA) is 0 Å². The van der Waals surface area contributed by atoms with Crippen molar-refractivity contribution < 1.29 is 0 Å². The Morgan fingerprint density at radius 2 is 2.00 bits per heavy atom. The van der Waals surface area contributed by atoms with Crippen molar-refractivity contribution in [2.45, 2.75) is 32.1 Å². The van der Waals surface area contributed by atoms with Crippen LogP contribution in [0.25, 0.3) is 0 Å². The Morgan fingerprint density at radius 3 is 3.00 bits per heavy atom. The Morgan fingerprint density at radius 1 is 1.00 bits per heavy atom. The highest BCUT2D eigenvalue weighted by Gasteiger charge is 2.80. The van der Waals surface area contributed by atoms with Crippen LogP contribution in [0.2, 0.25) is 0 Å². The van der Waals surface area contributed by atoms with Crippen LogP contribution in [0.4, 0.5) is 0 Å². The lowest BCUT2D eigenvalue weighted by Crippen LogP contribution is -2.63. The van der Waals surface area contributed by atoms with E-state index in [1.165, 1.54) is 35.5 Å². The van der Waals surface area contributed by atoms with Crippen LogP contribution in [0.3, 0.4) is 0 Å². The molecule has 0 radical (unpaired) electrons. The van der Waals surface area contributed by atoms with Gasteiger partial charge in [-0.1, -0.05) is 0 Å². The number of hydrogen-bond donors (Lipinski definition) is 0. The summed E-state index contributed by atoms with van der Waals surface area (Å²) in [6.07, 6.45) is 8.30. The summed E-state index contributed by atoms with van der Waals surface area (Å²) >= 11 is 0. The smallest absolute Gasteiger partial charge is 0.0201 e. The SMILES string of the molecule is C1C2CC3CC4CC35C(C2)C1C45. The minimum Gasteiger partial charge on any atom is -0.0470 e. The molecule has 0 nitrogen and oxygen atoms in total. The molecule has 0 saturated heterocycles. The van der Waals surface area contributed by atoms with E-state index in [-0.39, 0.29) is 0 Å². The number of rotatable bonds is 0. The van der Waals surface area contributed by atoms with Crippen molar-refractivity contribution in [1.29, 1.82) is 0 Å². The summed E-state index contributed by atoms with van der Waals surface area (Å²) in [4.78, 5) is 0. The first-order valence-corrected chi connectivity index (χ1v) is 5.89. The third-order valence-corrected chi connectivity index (χ3v) is 6.57. The van der Waals surface area contributed by atoms with E-state index in [9.17, 15) is 0 Å². The highest BCUT2D eigenvalue weighted by molar-refractivity contribution is 5.28. The Bertz CT molecular complexity index is 258. The van der Waals surface area contributed by atoms with E-state index in [0.29, 0.717) is 0 Å². The molecular formula is C12H16. The van der Waals surface area contributed by atoms with Crippen molar-refractivity contribution in [2.75, 3.05) is 0 Å². The molecule has 6 aliphatic carbocycles. The van der Waals surface area contributed by atoms with Crippen LogP contribution in [0.1, 0.15) is 32.1 Å². The van der Waals surface area contributed by atoms with Crippen molar-refractivity contribution in [3.63, 3.8) is 0 Å². The summed E-state index contributed by atoms with van der Waals surface area (Å²) in [5.74, 6) is 7.44. The van der Waals surface area contributed by atoms with Gasteiger partial charge in [-0.2, -0.15) is 0 Å². The zero-order valence-corrected chi connectivity index (χ0v) is 7.50. The maximum Gasteiger partial charge on any atom is -0.0201 e. The first-order chi connectivity index (χ1) is 5.89. The molecule has 0 aliphatic heterocycles. The third-order valence-electron chi connectivity index (χ3n) is 6.57. The fourth-order valence-electron chi connectivity index (χ4n) is 6.68. The standard InChI is InChI=1S/C12H16/c1-6-2-9-10(3-6)12-5-7(11(9)12)4-8(1)12/h6-11H,1-5H2. The molecule has 0 heterocycles.